The predicted molar refractivity (Wildman–Crippen MR) is 93.7 cm³/mol. The zero-order chi connectivity index (χ0) is 16.1. The third kappa shape index (κ3) is 3.14. The molecule has 0 amide bonds. The molecule has 1 N–H and O–H groups in total. The SMILES string of the molecule is CCC(=NO)c1ccc(-c2ccccc2)c(-c2ccccc2)n1. The molecule has 1 aromatic heterocycles. The molecule has 3 aromatic rings. The summed E-state index contributed by atoms with van der Waals surface area (Å²) in [6.07, 6.45) is 0.627. The van der Waals surface area contributed by atoms with Crippen LogP contribution in [-0.2, 0) is 0 Å². The van der Waals surface area contributed by atoms with Crippen molar-refractivity contribution >= 4 is 5.71 Å². The van der Waals surface area contributed by atoms with Crippen LogP contribution in [0.4, 0.5) is 0 Å². The van der Waals surface area contributed by atoms with E-state index in [2.05, 4.69) is 17.3 Å². The van der Waals surface area contributed by atoms with Gasteiger partial charge in [0.2, 0.25) is 0 Å². The monoisotopic (exact) mass is 302 g/mol. The van der Waals surface area contributed by atoms with E-state index in [0.29, 0.717) is 17.8 Å². The first-order valence-electron chi connectivity index (χ1n) is 7.66. The molecule has 1 heterocycles. The van der Waals surface area contributed by atoms with E-state index in [-0.39, 0.29) is 0 Å². The number of oxime groups is 1. The van der Waals surface area contributed by atoms with Gasteiger partial charge in [0, 0.05) is 11.1 Å². The van der Waals surface area contributed by atoms with Gasteiger partial charge >= 0.3 is 0 Å². The van der Waals surface area contributed by atoms with Crippen molar-refractivity contribution < 1.29 is 5.21 Å². The van der Waals surface area contributed by atoms with E-state index >= 15 is 0 Å². The fraction of sp³-hybridized carbons (Fsp3) is 0.100. The molecule has 23 heavy (non-hydrogen) atoms. The molecule has 0 saturated heterocycles. The van der Waals surface area contributed by atoms with Gasteiger partial charge in [0.05, 0.1) is 11.4 Å². The van der Waals surface area contributed by atoms with Crippen molar-refractivity contribution in [2.45, 2.75) is 13.3 Å². The number of rotatable bonds is 4. The Kier molecular flexibility index (Phi) is 4.48. The summed E-state index contributed by atoms with van der Waals surface area (Å²) in [6.45, 7) is 1.95. The van der Waals surface area contributed by atoms with Crippen LogP contribution in [0.2, 0.25) is 0 Å². The Morgan fingerprint density at radius 1 is 0.870 bits per heavy atom. The molecular weight excluding hydrogens is 284 g/mol. The van der Waals surface area contributed by atoms with Gasteiger partial charge in [0.25, 0.3) is 0 Å². The maximum absolute atomic E-state index is 9.18. The second-order valence-corrected chi connectivity index (χ2v) is 5.22. The minimum atomic E-state index is 0.585. The first-order valence-corrected chi connectivity index (χ1v) is 7.66. The lowest BCUT2D eigenvalue weighted by atomic mass is 9.98. The van der Waals surface area contributed by atoms with Gasteiger partial charge < -0.3 is 5.21 Å². The zero-order valence-corrected chi connectivity index (χ0v) is 13.0. The average molecular weight is 302 g/mol. The standard InChI is InChI=1S/C20H18N2O/c1-2-18(22-23)19-14-13-17(15-9-5-3-6-10-15)20(21-19)16-11-7-4-8-12-16/h3-14,23H,2H2,1H3. The lowest BCUT2D eigenvalue weighted by Crippen LogP contribution is -2.04. The largest absolute Gasteiger partial charge is 0.411 e. The highest BCUT2D eigenvalue weighted by molar-refractivity contribution is 5.99. The van der Waals surface area contributed by atoms with Crippen LogP contribution in [0.25, 0.3) is 22.4 Å². The molecule has 3 nitrogen and oxygen atoms in total. The molecule has 0 atom stereocenters. The Morgan fingerprint density at radius 2 is 1.48 bits per heavy atom. The highest BCUT2D eigenvalue weighted by Gasteiger charge is 2.12. The predicted octanol–water partition coefficient (Wildman–Crippen LogP) is 5.00. The fourth-order valence-corrected chi connectivity index (χ4v) is 2.59. The maximum atomic E-state index is 9.18. The van der Waals surface area contributed by atoms with Gasteiger partial charge in [-0.25, -0.2) is 4.98 Å². The molecule has 2 aromatic carbocycles. The molecule has 0 radical (unpaired) electrons. The van der Waals surface area contributed by atoms with E-state index in [0.717, 1.165) is 22.4 Å². The molecule has 0 aliphatic rings. The molecule has 0 unspecified atom stereocenters. The molecule has 0 spiro atoms. The number of hydrogen-bond acceptors (Lipinski definition) is 3. The molecule has 0 fully saturated rings. The van der Waals surface area contributed by atoms with Gasteiger partial charge in [-0.05, 0) is 24.1 Å². The minimum Gasteiger partial charge on any atom is -0.411 e. The topological polar surface area (TPSA) is 45.5 Å². The van der Waals surface area contributed by atoms with Gasteiger partial charge in [-0.1, -0.05) is 72.7 Å². The van der Waals surface area contributed by atoms with Crippen molar-refractivity contribution in [2.75, 3.05) is 0 Å². The summed E-state index contributed by atoms with van der Waals surface area (Å²) in [5.74, 6) is 0. The van der Waals surface area contributed by atoms with E-state index < -0.39 is 0 Å². The summed E-state index contributed by atoms with van der Waals surface area (Å²) in [6, 6.07) is 24.2. The number of benzene rings is 2. The van der Waals surface area contributed by atoms with Crippen molar-refractivity contribution in [3.63, 3.8) is 0 Å². The third-order valence-corrected chi connectivity index (χ3v) is 3.78. The van der Waals surface area contributed by atoms with Crippen LogP contribution in [0, 0.1) is 0 Å². The number of nitrogens with zero attached hydrogens (tertiary/aromatic N) is 2. The second-order valence-electron chi connectivity index (χ2n) is 5.22. The van der Waals surface area contributed by atoms with Crippen molar-refractivity contribution in [2.24, 2.45) is 5.16 Å². The van der Waals surface area contributed by atoms with E-state index in [9.17, 15) is 5.21 Å². The van der Waals surface area contributed by atoms with E-state index in [1.165, 1.54) is 0 Å². The van der Waals surface area contributed by atoms with Crippen molar-refractivity contribution in [3.05, 3.63) is 78.5 Å². The third-order valence-electron chi connectivity index (χ3n) is 3.78. The van der Waals surface area contributed by atoms with Crippen molar-refractivity contribution in [3.8, 4) is 22.4 Å². The summed E-state index contributed by atoms with van der Waals surface area (Å²) < 4.78 is 0. The molecule has 3 heteroatoms. The Bertz CT molecular complexity index is 812. The van der Waals surface area contributed by atoms with Crippen molar-refractivity contribution in [1.82, 2.24) is 4.98 Å². The van der Waals surface area contributed by atoms with Crippen molar-refractivity contribution in [1.29, 1.82) is 0 Å². The second kappa shape index (κ2) is 6.88. The van der Waals surface area contributed by atoms with Gasteiger partial charge in [-0.2, -0.15) is 0 Å². The van der Waals surface area contributed by atoms with Gasteiger partial charge in [-0.15, -0.1) is 0 Å². The molecule has 0 aliphatic carbocycles. The van der Waals surface area contributed by atoms with E-state index in [1.54, 1.807) is 0 Å². The Labute approximate surface area is 136 Å². The fourth-order valence-electron chi connectivity index (χ4n) is 2.59. The Balaban J connectivity index is 2.21. The molecule has 0 saturated carbocycles. The Morgan fingerprint density at radius 3 is 2.04 bits per heavy atom. The maximum Gasteiger partial charge on any atom is 0.105 e. The highest BCUT2D eigenvalue weighted by atomic mass is 16.4. The van der Waals surface area contributed by atoms with Gasteiger partial charge in [0.15, 0.2) is 0 Å². The van der Waals surface area contributed by atoms with Crippen LogP contribution in [-0.4, -0.2) is 15.9 Å². The minimum absolute atomic E-state index is 0.585. The number of hydrogen-bond donors (Lipinski definition) is 1. The molecule has 0 aliphatic heterocycles. The first kappa shape index (κ1) is 15.0. The number of aromatic nitrogens is 1. The van der Waals surface area contributed by atoms with Gasteiger partial charge in [-0.3, -0.25) is 0 Å². The van der Waals surface area contributed by atoms with Crippen LogP contribution in [0.5, 0.6) is 0 Å². The summed E-state index contributed by atoms with van der Waals surface area (Å²) in [7, 11) is 0. The molecule has 0 bridgehead atoms. The zero-order valence-electron chi connectivity index (χ0n) is 13.0. The summed E-state index contributed by atoms with van der Waals surface area (Å²) in [5, 5.41) is 12.5. The summed E-state index contributed by atoms with van der Waals surface area (Å²) >= 11 is 0. The lowest BCUT2D eigenvalue weighted by molar-refractivity contribution is 0.318. The van der Waals surface area contributed by atoms with Crippen LogP contribution in [0.15, 0.2) is 78.0 Å². The van der Waals surface area contributed by atoms with Crippen LogP contribution < -0.4 is 0 Å². The normalized spacial score (nSPS) is 11.4. The molecular formula is C20H18N2O. The van der Waals surface area contributed by atoms with Crippen LogP contribution in [0.1, 0.15) is 19.0 Å². The quantitative estimate of drug-likeness (QED) is 0.418. The van der Waals surface area contributed by atoms with Gasteiger partial charge in [0.1, 0.15) is 5.71 Å². The average Bonchev–Trinajstić information content (AvgIpc) is 2.64. The smallest absolute Gasteiger partial charge is 0.105 e. The number of pyridine rings is 1. The van der Waals surface area contributed by atoms with Crippen LogP contribution >= 0.6 is 0 Å². The van der Waals surface area contributed by atoms with E-state index in [4.69, 9.17) is 4.98 Å². The first-order chi connectivity index (χ1) is 11.3. The summed E-state index contributed by atoms with van der Waals surface area (Å²) in [4.78, 5) is 4.77. The highest BCUT2D eigenvalue weighted by Crippen LogP contribution is 2.30. The Hall–Kier alpha value is -2.94. The lowest BCUT2D eigenvalue weighted by Gasteiger charge is -2.12. The van der Waals surface area contributed by atoms with Crippen LogP contribution in [0.3, 0.4) is 0 Å². The summed E-state index contributed by atoms with van der Waals surface area (Å²) in [5.41, 5.74) is 5.40. The molecule has 114 valence electrons. The molecule has 3 rings (SSSR count). The van der Waals surface area contributed by atoms with E-state index in [1.807, 2.05) is 67.6 Å².